The first kappa shape index (κ1) is 14.8. The first-order valence-corrected chi connectivity index (χ1v) is 8.28. The highest BCUT2D eigenvalue weighted by molar-refractivity contribution is 6.33. The molecule has 2 saturated carbocycles. The number of aliphatic hydroxyl groups is 1. The highest BCUT2D eigenvalue weighted by Crippen LogP contribution is 2.51. The minimum absolute atomic E-state index is 0.130. The summed E-state index contributed by atoms with van der Waals surface area (Å²) >= 11 is 6.43. The van der Waals surface area contributed by atoms with Crippen molar-refractivity contribution in [2.24, 2.45) is 0 Å². The minimum Gasteiger partial charge on any atom is -0.398 e. The summed E-state index contributed by atoms with van der Waals surface area (Å²) in [4.78, 5) is 4.57. The van der Waals surface area contributed by atoms with Crippen LogP contribution in [0.3, 0.4) is 0 Å². The van der Waals surface area contributed by atoms with Crippen LogP contribution < -0.4 is 11.5 Å². The second-order valence-corrected chi connectivity index (χ2v) is 7.58. The van der Waals surface area contributed by atoms with Gasteiger partial charge in [-0.25, -0.2) is 0 Å². The van der Waals surface area contributed by atoms with E-state index >= 15 is 0 Å². The highest BCUT2D eigenvalue weighted by atomic mass is 35.5. The van der Waals surface area contributed by atoms with Gasteiger partial charge in [0.25, 0.3) is 0 Å². The Hall–Kier alpha value is -1.78. The van der Waals surface area contributed by atoms with Crippen LogP contribution in [0.5, 0.6) is 0 Å². The Bertz CT molecular complexity index is 810. The fourth-order valence-corrected chi connectivity index (χ4v) is 3.43. The van der Waals surface area contributed by atoms with E-state index in [1.807, 2.05) is 12.1 Å². The third kappa shape index (κ3) is 2.37. The van der Waals surface area contributed by atoms with Crippen LogP contribution in [0.25, 0.3) is 11.1 Å². The average molecular weight is 330 g/mol. The van der Waals surface area contributed by atoms with Gasteiger partial charge in [0.1, 0.15) is 0 Å². The van der Waals surface area contributed by atoms with Crippen molar-refractivity contribution in [2.45, 2.75) is 43.6 Å². The summed E-state index contributed by atoms with van der Waals surface area (Å²) in [5, 5.41) is 10.8. The van der Waals surface area contributed by atoms with Crippen molar-refractivity contribution >= 4 is 23.0 Å². The molecule has 2 aliphatic rings. The van der Waals surface area contributed by atoms with Crippen molar-refractivity contribution in [2.75, 3.05) is 11.5 Å². The van der Waals surface area contributed by atoms with Gasteiger partial charge in [0.2, 0.25) is 0 Å². The van der Waals surface area contributed by atoms with Gasteiger partial charge in [-0.3, -0.25) is 4.98 Å². The first-order valence-electron chi connectivity index (χ1n) is 7.91. The number of pyridine rings is 1. The van der Waals surface area contributed by atoms with E-state index in [1.54, 1.807) is 12.3 Å². The Morgan fingerprint density at radius 1 is 1.09 bits per heavy atom. The molecule has 0 spiro atoms. The molecule has 23 heavy (non-hydrogen) atoms. The van der Waals surface area contributed by atoms with Gasteiger partial charge in [0.05, 0.1) is 17.0 Å². The van der Waals surface area contributed by atoms with Crippen LogP contribution in [0.1, 0.15) is 43.9 Å². The van der Waals surface area contributed by atoms with Crippen molar-refractivity contribution in [3.8, 4) is 11.1 Å². The van der Waals surface area contributed by atoms with Gasteiger partial charge in [-0.15, -0.1) is 0 Å². The summed E-state index contributed by atoms with van der Waals surface area (Å²) < 4.78 is 0. The van der Waals surface area contributed by atoms with Crippen LogP contribution in [0.4, 0.5) is 11.4 Å². The Morgan fingerprint density at radius 2 is 1.78 bits per heavy atom. The average Bonchev–Trinajstić information content (AvgIpc) is 3.41. The smallest absolute Gasteiger partial charge is 0.0919 e. The lowest BCUT2D eigenvalue weighted by atomic mass is 9.97. The van der Waals surface area contributed by atoms with Crippen LogP contribution in [0, 0.1) is 0 Å². The molecular formula is C18H20ClN3O. The fraction of sp³-hybridized carbons (Fsp3) is 0.389. The lowest BCUT2D eigenvalue weighted by Gasteiger charge is -2.16. The summed E-state index contributed by atoms with van der Waals surface area (Å²) in [6.07, 6.45) is 5.53. The van der Waals surface area contributed by atoms with Gasteiger partial charge < -0.3 is 16.6 Å². The van der Waals surface area contributed by atoms with Gasteiger partial charge in [0, 0.05) is 39.0 Å². The molecule has 0 radical (unpaired) electrons. The topological polar surface area (TPSA) is 85.2 Å². The molecule has 120 valence electrons. The number of halogens is 1. The Morgan fingerprint density at radius 3 is 2.35 bits per heavy atom. The van der Waals surface area contributed by atoms with E-state index in [1.165, 1.54) is 0 Å². The Labute approximate surface area is 140 Å². The molecule has 4 rings (SSSR count). The molecule has 1 heterocycles. The summed E-state index contributed by atoms with van der Waals surface area (Å²) in [6, 6.07) is 5.49. The maximum absolute atomic E-state index is 10.3. The molecule has 0 amide bonds. The van der Waals surface area contributed by atoms with Gasteiger partial charge in [0.15, 0.2) is 0 Å². The van der Waals surface area contributed by atoms with E-state index in [9.17, 15) is 5.11 Å². The zero-order chi connectivity index (χ0) is 16.4. The normalized spacial score (nSPS) is 20.3. The number of nitrogen functional groups attached to an aromatic ring is 2. The van der Waals surface area contributed by atoms with E-state index in [4.69, 9.17) is 23.1 Å². The number of hydrogen-bond acceptors (Lipinski definition) is 4. The van der Waals surface area contributed by atoms with Crippen molar-refractivity contribution in [3.63, 3.8) is 0 Å². The number of nitrogens with two attached hydrogens (primary N) is 2. The Balaban J connectivity index is 1.76. The molecule has 2 aromatic rings. The summed E-state index contributed by atoms with van der Waals surface area (Å²) in [7, 11) is 0. The number of anilines is 2. The van der Waals surface area contributed by atoms with E-state index in [2.05, 4.69) is 11.9 Å². The number of nitrogens with zero attached hydrogens (tertiary/aromatic N) is 1. The van der Waals surface area contributed by atoms with Crippen LogP contribution in [-0.2, 0) is 11.0 Å². The number of rotatable bonds is 3. The molecule has 4 nitrogen and oxygen atoms in total. The van der Waals surface area contributed by atoms with E-state index < -0.39 is 5.60 Å². The predicted molar refractivity (Wildman–Crippen MR) is 93.2 cm³/mol. The molecule has 2 fully saturated rings. The SMILES string of the molecule is CC1(c2ncc(-c3cc(N)c(C4(O)CC4)cc3Cl)cc2N)CC1. The van der Waals surface area contributed by atoms with Crippen molar-refractivity contribution < 1.29 is 5.11 Å². The van der Waals surface area contributed by atoms with Crippen LogP contribution in [0.2, 0.25) is 5.02 Å². The standard InChI is InChI=1S/C18H20ClN3O/c1-17(2-3-17)16-15(21)6-10(9-22-16)11-7-14(20)12(8-13(11)19)18(23)4-5-18/h6-9,23H,2-5,20-21H2,1H3. The van der Waals surface area contributed by atoms with Crippen molar-refractivity contribution in [1.82, 2.24) is 4.98 Å². The highest BCUT2D eigenvalue weighted by Gasteiger charge is 2.44. The predicted octanol–water partition coefficient (Wildman–Crippen LogP) is 3.60. The van der Waals surface area contributed by atoms with Crippen LogP contribution >= 0.6 is 11.6 Å². The molecule has 0 unspecified atom stereocenters. The molecule has 5 heteroatoms. The largest absolute Gasteiger partial charge is 0.398 e. The molecule has 0 atom stereocenters. The molecule has 1 aromatic heterocycles. The third-order valence-corrected chi connectivity index (χ3v) is 5.48. The van der Waals surface area contributed by atoms with Gasteiger partial charge in [-0.2, -0.15) is 0 Å². The van der Waals surface area contributed by atoms with E-state index in [-0.39, 0.29) is 5.41 Å². The monoisotopic (exact) mass is 329 g/mol. The number of benzene rings is 1. The second-order valence-electron chi connectivity index (χ2n) is 7.17. The second kappa shape index (κ2) is 4.62. The molecule has 2 aliphatic carbocycles. The van der Waals surface area contributed by atoms with Gasteiger partial charge >= 0.3 is 0 Å². The number of hydrogen-bond donors (Lipinski definition) is 3. The van der Waals surface area contributed by atoms with Crippen molar-refractivity contribution in [1.29, 1.82) is 0 Å². The van der Waals surface area contributed by atoms with Gasteiger partial charge in [-0.1, -0.05) is 18.5 Å². The molecule has 5 N–H and O–H groups in total. The fourth-order valence-electron chi connectivity index (χ4n) is 3.16. The van der Waals surface area contributed by atoms with E-state index in [0.29, 0.717) is 22.0 Å². The molecular weight excluding hydrogens is 310 g/mol. The van der Waals surface area contributed by atoms with E-state index in [0.717, 1.165) is 42.5 Å². The third-order valence-electron chi connectivity index (χ3n) is 5.16. The number of aromatic nitrogens is 1. The maximum Gasteiger partial charge on any atom is 0.0919 e. The first-order chi connectivity index (χ1) is 10.8. The molecule has 0 saturated heterocycles. The summed E-state index contributed by atoms with van der Waals surface area (Å²) in [5.41, 5.74) is 16.2. The summed E-state index contributed by atoms with van der Waals surface area (Å²) in [6.45, 7) is 2.18. The zero-order valence-electron chi connectivity index (χ0n) is 13.1. The van der Waals surface area contributed by atoms with Crippen LogP contribution in [-0.4, -0.2) is 10.1 Å². The lowest BCUT2D eigenvalue weighted by Crippen LogP contribution is -2.09. The summed E-state index contributed by atoms with van der Waals surface area (Å²) in [5.74, 6) is 0. The Kier molecular flexibility index (Phi) is 2.97. The molecule has 1 aromatic carbocycles. The lowest BCUT2D eigenvalue weighted by molar-refractivity contribution is 0.152. The van der Waals surface area contributed by atoms with Gasteiger partial charge in [-0.05, 0) is 43.9 Å². The minimum atomic E-state index is -0.798. The molecule has 0 bridgehead atoms. The maximum atomic E-state index is 10.3. The quantitative estimate of drug-likeness (QED) is 0.751. The zero-order valence-corrected chi connectivity index (χ0v) is 13.8. The van der Waals surface area contributed by atoms with Crippen LogP contribution in [0.15, 0.2) is 24.4 Å². The molecule has 0 aliphatic heterocycles. The van der Waals surface area contributed by atoms with Crippen molar-refractivity contribution in [3.05, 3.63) is 40.7 Å².